The first-order valence-corrected chi connectivity index (χ1v) is 9.62. The zero-order valence-electron chi connectivity index (χ0n) is 16.2. The minimum Gasteiger partial charge on any atom is -0.367 e. The smallest absolute Gasteiger partial charge is 0.250 e. The minimum atomic E-state index is -0.658. The van der Waals surface area contributed by atoms with Crippen LogP contribution in [-0.4, -0.2) is 47.4 Å². The van der Waals surface area contributed by atoms with E-state index in [0.29, 0.717) is 35.6 Å². The number of H-pyrrole nitrogens is 1. The van der Waals surface area contributed by atoms with Crippen molar-refractivity contribution in [2.45, 2.75) is 32.7 Å². The van der Waals surface area contributed by atoms with Gasteiger partial charge in [-0.2, -0.15) is 0 Å². The number of anilines is 1. The highest BCUT2D eigenvalue weighted by molar-refractivity contribution is 6.10. The maximum absolute atomic E-state index is 15.2. The van der Waals surface area contributed by atoms with E-state index < -0.39 is 11.7 Å². The second kappa shape index (κ2) is 6.65. The van der Waals surface area contributed by atoms with Crippen molar-refractivity contribution in [3.8, 4) is 0 Å². The van der Waals surface area contributed by atoms with Crippen molar-refractivity contribution in [3.05, 3.63) is 41.4 Å². The maximum Gasteiger partial charge on any atom is 0.250 e. The van der Waals surface area contributed by atoms with E-state index in [2.05, 4.69) is 11.6 Å². The van der Waals surface area contributed by atoms with Gasteiger partial charge >= 0.3 is 0 Å². The van der Waals surface area contributed by atoms with Gasteiger partial charge in [0.2, 0.25) is 5.91 Å². The Hall–Kier alpha value is -2.83. The van der Waals surface area contributed by atoms with Crippen LogP contribution in [-0.2, 0) is 4.79 Å². The van der Waals surface area contributed by atoms with E-state index in [1.165, 1.54) is 12.1 Å². The van der Waals surface area contributed by atoms with Crippen molar-refractivity contribution in [3.63, 3.8) is 0 Å². The zero-order valence-corrected chi connectivity index (χ0v) is 16.2. The van der Waals surface area contributed by atoms with Gasteiger partial charge in [-0.05, 0) is 50.3 Å². The summed E-state index contributed by atoms with van der Waals surface area (Å²) in [5.74, 6) is -0.759. The number of likely N-dealkylation sites (tertiary alicyclic amines) is 1. The number of primary amides is 1. The van der Waals surface area contributed by atoms with E-state index in [4.69, 9.17) is 5.73 Å². The molecule has 0 unspecified atom stereocenters. The standard InChI is InChI=1S/C21H25FN4O2/c1-4-17(27)26-8-6-13-5-7-25(10-16(13)26)20-15(22)9-14(21(23)28)19-18(20)11(2)12(3)24-19/h4,9,13,16,24H,1,5-8,10H2,2-3H3,(H2,23,28)/t13-,16-/m0/s1. The van der Waals surface area contributed by atoms with Crippen molar-refractivity contribution in [1.82, 2.24) is 9.88 Å². The van der Waals surface area contributed by atoms with E-state index in [-0.39, 0.29) is 17.5 Å². The van der Waals surface area contributed by atoms with Gasteiger partial charge in [0.25, 0.3) is 5.91 Å². The lowest BCUT2D eigenvalue weighted by molar-refractivity contribution is -0.127. The summed E-state index contributed by atoms with van der Waals surface area (Å²) in [6, 6.07) is 1.27. The van der Waals surface area contributed by atoms with E-state index in [9.17, 15) is 9.59 Å². The number of hydrogen-bond donors (Lipinski definition) is 2. The lowest BCUT2D eigenvalue weighted by Crippen LogP contribution is -2.50. The largest absolute Gasteiger partial charge is 0.367 e. The van der Waals surface area contributed by atoms with Crippen LogP contribution in [0.4, 0.5) is 10.1 Å². The van der Waals surface area contributed by atoms with Gasteiger partial charge in [0.15, 0.2) is 0 Å². The summed E-state index contributed by atoms with van der Waals surface area (Å²) >= 11 is 0. The summed E-state index contributed by atoms with van der Waals surface area (Å²) in [7, 11) is 0. The van der Waals surface area contributed by atoms with E-state index >= 15 is 4.39 Å². The van der Waals surface area contributed by atoms with Crippen LogP contribution in [0.15, 0.2) is 18.7 Å². The molecule has 3 heterocycles. The molecule has 6 nitrogen and oxygen atoms in total. The third-order valence-corrected chi connectivity index (χ3v) is 6.41. The Balaban J connectivity index is 1.80. The number of carbonyl (C=O) groups excluding carboxylic acids is 2. The lowest BCUT2D eigenvalue weighted by atomic mass is 9.91. The van der Waals surface area contributed by atoms with Crippen molar-refractivity contribution in [1.29, 1.82) is 0 Å². The number of piperidine rings is 1. The van der Waals surface area contributed by atoms with E-state index in [1.807, 2.05) is 23.6 Å². The van der Waals surface area contributed by atoms with Crippen LogP contribution in [0.25, 0.3) is 10.9 Å². The second-order valence-corrected chi connectivity index (χ2v) is 7.83. The van der Waals surface area contributed by atoms with Crippen LogP contribution in [0.1, 0.15) is 34.5 Å². The van der Waals surface area contributed by atoms with Crippen molar-refractivity contribution >= 4 is 28.4 Å². The molecule has 0 aliphatic carbocycles. The van der Waals surface area contributed by atoms with Crippen molar-refractivity contribution < 1.29 is 14.0 Å². The first-order valence-electron chi connectivity index (χ1n) is 9.62. The van der Waals surface area contributed by atoms with Gasteiger partial charge in [0.05, 0.1) is 22.8 Å². The number of nitrogens with zero attached hydrogens (tertiary/aromatic N) is 2. The number of rotatable bonds is 3. The molecule has 28 heavy (non-hydrogen) atoms. The average molecular weight is 384 g/mol. The fourth-order valence-corrected chi connectivity index (χ4v) is 4.84. The number of carbonyl (C=O) groups is 2. The van der Waals surface area contributed by atoms with Crippen molar-refractivity contribution in [2.24, 2.45) is 11.7 Å². The van der Waals surface area contributed by atoms with Crippen LogP contribution < -0.4 is 10.6 Å². The second-order valence-electron chi connectivity index (χ2n) is 7.83. The Morgan fingerprint density at radius 1 is 1.32 bits per heavy atom. The van der Waals surface area contributed by atoms with Crippen LogP contribution in [0.2, 0.25) is 0 Å². The molecule has 2 aliphatic heterocycles. The summed E-state index contributed by atoms with van der Waals surface area (Å²) in [6.45, 7) is 9.41. The van der Waals surface area contributed by atoms with Gasteiger partial charge in [0.1, 0.15) is 5.82 Å². The SMILES string of the molecule is C=CC(=O)N1CC[C@@H]2CCN(c3c(F)cc(C(N)=O)c4[nH]c(C)c(C)c34)C[C@@H]21. The van der Waals surface area contributed by atoms with Crippen molar-refractivity contribution in [2.75, 3.05) is 24.5 Å². The van der Waals surface area contributed by atoms with Crippen LogP contribution in [0.3, 0.4) is 0 Å². The highest BCUT2D eigenvalue weighted by Gasteiger charge is 2.41. The van der Waals surface area contributed by atoms with E-state index in [0.717, 1.165) is 30.6 Å². The normalized spacial score (nSPS) is 21.8. The molecule has 3 N–H and O–H groups in total. The molecule has 2 aliphatic rings. The number of halogens is 1. The van der Waals surface area contributed by atoms with E-state index in [1.54, 1.807) is 0 Å². The first kappa shape index (κ1) is 18.5. The molecular weight excluding hydrogens is 359 g/mol. The first-order chi connectivity index (χ1) is 13.3. The van der Waals surface area contributed by atoms with Gasteiger partial charge in [-0.15, -0.1) is 0 Å². The molecule has 2 saturated heterocycles. The summed E-state index contributed by atoms with van der Waals surface area (Å²) in [6.07, 6.45) is 3.22. The molecule has 0 bridgehead atoms. The Morgan fingerprint density at radius 3 is 2.71 bits per heavy atom. The van der Waals surface area contributed by atoms with Gasteiger partial charge in [-0.3, -0.25) is 9.59 Å². The highest BCUT2D eigenvalue weighted by Crippen LogP contribution is 2.40. The number of hydrogen-bond acceptors (Lipinski definition) is 3. The van der Waals surface area contributed by atoms with Gasteiger partial charge in [0, 0.05) is 30.7 Å². The monoisotopic (exact) mass is 384 g/mol. The summed E-state index contributed by atoms with van der Waals surface area (Å²) in [4.78, 5) is 31.1. The quantitative estimate of drug-likeness (QED) is 0.798. The molecule has 2 aromatic rings. The number of aromatic nitrogens is 1. The summed E-state index contributed by atoms with van der Waals surface area (Å²) < 4.78 is 15.2. The third-order valence-electron chi connectivity index (χ3n) is 6.41. The zero-order chi connectivity index (χ0) is 20.2. The number of nitrogens with two attached hydrogens (primary N) is 1. The predicted octanol–water partition coefficient (Wildman–Crippen LogP) is 2.64. The summed E-state index contributed by atoms with van der Waals surface area (Å²) in [5.41, 5.74) is 8.48. The molecule has 4 rings (SSSR count). The van der Waals surface area contributed by atoms with Gasteiger partial charge in [-0.1, -0.05) is 6.58 Å². The third kappa shape index (κ3) is 2.68. The number of aromatic amines is 1. The Bertz CT molecular complexity index is 996. The molecule has 0 spiro atoms. The molecule has 2 amide bonds. The number of aryl methyl sites for hydroxylation is 2. The van der Waals surface area contributed by atoms with Gasteiger partial charge < -0.3 is 20.5 Å². The maximum atomic E-state index is 15.2. The Morgan fingerprint density at radius 2 is 2.04 bits per heavy atom. The minimum absolute atomic E-state index is 0.0462. The molecule has 7 heteroatoms. The number of benzene rings is 1. The van der Waals surface area contributed by atoms with Gasteiger partial charge in [-0.25, -0.2) is 4.39 Å². The lowest BCUT2D eigenvalue weighted by Gasteiger charge is -2.40. The molecule has 2 fully saturated rings. The Labute approximate surface area is 163 Å². The van der Waals surface area contributed by atoms with Crippen LogP contribution >= 0.6 is 0 Å². The molecule has 0 radical (unpaired) electrons. The number of amides is 2. The predicted molar refractivity (Wildman–Crippen MR) is 107 cm³/mol. The molecule has 1 aromatic carbocycles. The number of nitrogens with one attached hydrogen (secondary N) is 1. The Kier molecular flexibility index (Phi) is 4.40. The molecule has 148 valence electrons. The molecule has 0 saturated carbocycles. The molecular formula is C21H25FN4O2. The average Bonchev–Trinajstić information content (AvgIpc) is 3.22. The highest BCUT2D eigenvalue weighted by atomic mass is 19.1. The topological polar surface area (TPSA) is 82.4 Å². The summed E-state index contributed by atoms with van der Waals surface area (Å²) in [5, 5.41) is 0.698. The van der Waals surface area contributed by atoms with Crippen LogP contribution in [0, 0.1) is 25.6 Å². The molecule has 1 aromatic heterocycles. The van der Waals surface area contributed by atoms with Crippen LogP contribution in [0.5, 0.6) is 0 Å². The fourth-order valence-electron chi connectivity index (χ4n) is 4.84. The fraction of sp³-hybridized carbons (Fsp3) is 0.429. The number of fused-ring (bicyclic) bond motifs is 2. The molecule has 2 atom stereocenters.